The van der Waals surface area contributed by atoms with E-state index in [1.165, 1.54) is 0 Å². The summed E-state index contributed by atoms with van der Waals surface area (Å²) in [6.07, 6.45) is 7.29. The van der Waals surface area contributed by atoms with Crippen LogP contribution in [0.5, 0.6) is 5.75 Å². The molecule has 0 amide bonds. The molecule has 1 fully saturated rings. The number of hydrogen-bond acceptors (Lipinski definition) is 4. The number of aromatic nitrogens is 1. The maximum atomic E-state index is 12.4. The number of carbonyl (C=O) groups is 1. The lowest BCUT2D eigenvalue weighted by Crippen LogP contribution is -2.25. The monoisotopic (exact) mass is 262 g/mol. The summed E-state index contributed by atoms with van der Waals surface area (Å²) < 4.78 is 5.39. The van der Waals surface area contributed by atoms with E-state index >= 15 is 0 Å². The Morgan fingerprint density at radius 1 is 1.37 bits per heavy atom. The quantitative estimate of drug-likeness (QED) is 0.828. The molecule has 0 spiro atoms. The normalized spacial score (nSPS) is 23.1. The molecule has 0 aromatic carbocycles. The van der Waals surface area contributed by atoms with Crippen molar-refractivity contribution in [3.05, 3.63) is 24.0 Å². The summed E-state index contributed by atoms with van der Waals surface area (Å²) in [6.45, 7) is 3.24. The number of rotatable bonds is 5. The van der Waals surface area contributed by atoms with Gasteiger partial charge in [-0.2, -0.15) is 0 Å². The van der Waals surface area contributed by atoms with Crippen LogP contribution < -0.4 is 10.5 Å². The Balaban J connectivity index is 2.01. The zero-order valence-corrected chi connectivity index (χ0v) is 11.5. The molecule has 4 nitrogen and oxygen atoms in total. The van der Waals surface area contributed by atoms with Gasteiger partial charge in [0.05, 0.1) is 12.8 Å². The molecule has 1 heterocycles. The molecule has 1 aliphatic rings. The van der Waals surface area contributed by atoms with Crippen molar-refractivity contribution in [1.29, 1.82) is 0 Å². The van der Waals surface area contributed by atoms with Crippen LogP contribution in [0, 0.1) is 11.8 Å². The molecule has 0 bridgehead atoms. The zero-order chi connectivity index (χ0) is 13.7. The molecule has 0 radical (unpaired) electrons. The molecule has 0 aliphatic heterocycles. The molecule has 1 aromatic heterocycles. The molecule has 1 aliphatic carbocycles. The maximum Gasteiger partial charge on any atom is 0.167 e. The zero-order valence-electron chi connectivity index (χ0n) is 11.5. The third-order valence-electron chi connectivity index (χ3n) is 3.86. The van der Waals surface area contributed by atoms with E-state index in [1.54, 1.807) is 18.5 Å². The largest absolute Gasteiger partial charge is 0.492 e. The van der Waals surface area contributed by atoms with Gasteiger partial charge in [-0.05, 0) is 51.1 Å². The lowest BCUT2D eigenvalue weighted by molar-refractivity contribution is 0.0872. The Kier molecular flexibility index (Phi) is 4.91. The maximum absolute atomic E-state index is 12.4. The number of ketones is 1. The van der Waals surface area contributed by atoms with Crippen molar-refractivity contribution in [3.8, 4) is 5.75 Å². The van der Waals surface area contributed by atoms with E-state index in [1.807, 2.05) is 6.92 Å². The minimum atomic E-state index is 0.126. The summed E-state index contributed by atoms with van der Waals surface area (Å²) in [5, 5.41) is 0. The van der Waals surface area contributed by atoms with Crippen LogP contribution in [-0.2, 0) is 0 Å². The van der Waals surface area contributed by atoms with E-state index in [2.05, 4.69) is 4.98 Å². The van der Waals surface area contributed by atoms with Gasteiger partial charge >= 0.3 is 0 Å². The van der Waals surface area contributed by atoms with Crippen LogP contribution in [0.25, 0.3) is 0 Å². The molecule has 0 saturated heterocycles. The van der Waals surface area contributed by atoms with E-state index in [-0.39, 0.29) is 11.7 Å². The van der Waals surface area contributed by atoms with Gasteiger partial charge in [0.1, 0.15) is 5.75 Å². The topological polar surface area (TPSA) is 65.2 Å². The van der Waals surface area contributed by atoms with Crippen molar-refractivity contribution in [2.45, 2.75) is 32.6 Å². The van der Waals surface area contributed by atoms with E-state index in [9.17, 15) is 4.79 Å². The SMILES string of the molecule is CCOc1cncc(C(=O)C2CCC(CN)CC2)c1. The average molecular weight is 262 g/mol. The molecule has 1 aromatic rings. The summed E-state index contributed by atoms with van der Waals surface area (Å²) in [5.74, 6) is 1.59. The second kappa shape index (κ2) is 6.66. The highest BCUT2D eigenvalue weighted by atomic mass is 16.5. The fourth-order valence-electron chi connectivity index (χ4n) is 2.70. The summed E-state index contributed by atoms with van der Waals surface area (Å²) >= 11 is 0. The Hall–Kier alpha value is -1.42. The summed E-state index contributed by atoms with van der Waals surface area (Å²) in [6, 6.07) is 1.80. The molecule has 0 atom stereocenters. The Bertz CT molecular complexity index is 426. The number of pyridine rings is 1. The predicted molar refractivity (Wildman–Crippen MR) is 74.2 cm³/mol. The van der Waals surface area contributed by atoms with Gasteiger partial charge < -0.3 is 10.5 Å². The second-order valence-electron chi connectivity index (χ2n) is 5.16. The lowest BCUT2D eigenvalue weighted by Gasteiger charge is -2.26. The molecule has 2 N–H and O–H groups in total. The van der Waals surface area contributed by atoms with Gasteiger partial charge in [0, 0.05) is 17.7 Å². The van der Waals surface area contributed by atoms with Crippen LogP contribution in [0.1, 0.15) is 43.0 Å². The van der Waals surface area contributed by atoms with Gasteiger partial charge in [-0.1, -0.05) is 0 Å². The van der Waals surface area contributed by atoms with Gasteiger partial charge in [-0.15, -0.1) is 0 Å². The summed E-state index contributed by atoms with van der Waals surface area (Å²) in [4.78, 5) is 16.5. The van der Waals surface area contributed by atoms with Crippen LogP contribution in [0.4, 0.5) is 0 Å². The molecule has 104 valence electrons. The number of nitrogens with two attached hydrogens (primary N) is 1. The van der Waals surface area contributed by atoms with E-state index < -0.39 is 0 Å². The van der Waals surface area contributed by atoms with Crippen LogP contribution in [0.15, 0.2) is 18.5 Å². The highest BCUT2D eigenvalue weighted by molar-refractivity contribution is 5.97. The van der Waals surface area contributed by atoms with Crippen molar-refractivity contribution in [2.24, 2.45) is 17.6 Å². The number of ether oxygens (including phenoxy) is 1. The lowest BCUT2D eigenvalue weighted by atomic mass is 9.79. The fourth-order valence-corrected chi connectivity index (χ4v) is 2.70. The highest BCUT2D eigenvalue weighted by Crippen LogP contribution is 2.30. The number of carbonyl (C=O) groups excluding carboxylic acids is 1. The molecule has 4 heteroatoms. The van der Waals surface area contributed by atoms with Gasteiger partial charge in [-0.25, -0.2) is 0 Å². The number of Topliss-reactive ketones (excluding diaryl/α,β-unsaturated/α-hetero) is 1. The van der Waals surface area contributed by atoms with Crippen molar-refractivity contribution in [3.63, 3.8) is 0 Å². The smallest absolute Gasteiger partial charge is 0.167 e. The van der Waals surface area contributed by atoms with Gasteiger partial charge in [0.2, 0.25) is 0 Å². The number of hydrogen-bond donors (Lipinski definition) is 1. The minimum Gasteiger partial charge on any atom is -0.492 e. The van der Waals surface area contributed by atoms with Crippen LogP contribution >= 0.6 is 0 Å². The Morgan fingerprint density at radius 3 is 2.74 bits per heavy atom. The van der Waals surface area contributed by atoms with Gasteiger partial charge in [0.25, 0.3) is 0 Å². The van der Waals surface area contributed by atoms with Gasteiger partial charge in [0.15, 0.2) is 5.78 Å². The average Bonchev–Trinajstić information content (AvgIpc) is 2.47. The van der Waals surface area contributed by atoms with Crippen molar-refractivity contribution in [2.75, 3.05) is 13.2 Å². The first kappa shape index (κ1) is 14.0. The second-order valence-corrected chi connectivity index (χ2v) is 5.16. The summed E-state index contributed by atoms with van der Waals surface area (Å²) in [7, 11) is 0. The first-order valence-corrected chi connectivity index (χ1v) is 7.06. The summed E-state index contributed by atoms with van der Waals surface area (Å²) in [5.41, 5.74) is 6.35. The molecule has 1 saturated carbocycles. The first-order valence-electron chi connectivity index (χ1n) is 7.06. The first-order chi connectivity index (χ1) is 9.24. The molecule has 2 rings (SSSR count). The van der Waals surface area contributed by atoms with E-state index in [0.717, 1.165) is 32.2 Å². The van der Waals surface area contributed by atoms with Crippen LogP contribution in [0.2, 0.25) is 0 Å². The van der Waals surface area contributed by atoms with Crippen LogP contribution in [-0.4, -0.2) is 23.9 Å². The predicted octanol–water partition coefficient (Wildman–Crippen LogP) is 2.43. The van der Waals surface area contributed by atoms with Crippen molar-refractivity contribution in [1.82, 2.24) is 4.98 Å². The minimum absolute atomic E-state index is 0.126. The number of nitrogens with zero attached hydrogens (tertiary/aromatic N) is 1. The molecule has 0 unspecified atom stereocenters. The van der Waals surface area contributed by atoms with E-state index in [4.69, 9.17) is 10.5 Å². The standard InChI is InChI=1S/C15H22N2O2/c1-2-19-14-7-13(9-17-10-14)15(18)12-5-3-11(8-16)4-6-12/h7,9-12H,2-6,8,16H2,1H3. The molecular weight excluding hydrogens is 240 g/mol. The highest BCUT2D eigenvalue weighted by Gasteiger charge is 2.26. The van der Waals surface area contributed by atoms with Crippen molar-refractivity contribution >= 4 is 5.78 Å². The fraction of sp³-hybridized carbons (Fsp3) is 0.600. The Morgan fingerprint density at radius 2 is 2.11 bits per heavy atom. The third-order valence-corrected chi connectivity index (χ3v) is 3.86. The third kappa shape index (κ3) is 3.53. The van der Waals surface area contributed by atoms with Crippen LogP contribution in [0.3, 0.4) is 0 Å². The van der Waals surface area contributed by atoms with E-state index in [0.29, 0.717) is 23.8 Å². The van der Waals surface area contributed by atoms with Gasteiger partial charge in [-0.3, -0.25) is 9.78 Å². The molecule has 19 heavy (non-hydrogen) atoms. The Labute approximate surface area is 114 Å². The van der Waals surface area contributed by atoms with Crippen molar-refractivity contribution < 1.29 is 9.53 Å². The molecular formula is C15H22N2O2.